The predicted molar refractivity (Wildman–Crippen MR) is 125 cm³/mol. The third kappa shape index (κ3) is 4.30. The molecule has 0 saturated carbocycles. The summed E-state index contributed by atoms with van der Waals surface area (Å²) < 4.78 is 7.36. The lowest BCUT2D eigenvalue weighted by atomic mass is 9.99. The molecule has 1 aromatic heterocycles. The van der Waals surface area contributed by atoms with Crippen LogP contribution in [0.15, 0.2) is 24.3 Å². The van der Waals surface area contributed by atoms with Gasteiger partial charge in [-0.3, -0.25) is 4.90 Å². The molecule has 1 amide bonds. The van der Waals surface area contributed by atoms with E-state index in [4.69, 9.17) is 9.72 Å². The van der Waals surface area contributed by atoms with Gasteiger partial charge in [-0.2, -0.15) is 0 Å². The van der Waals surface area contributed by atoms with E-state index in [1.165, 1.54) is 0 Å². The molecule has 0 radical (unpaired) electrons. The number of fused-ring (bicyclic) bond motifs is 3. The second-order valence-electron chi connectivity index (χ2n) is 10.7. The molecule has 2 aliphatic rings. The van der Waals surface area contributed by atoms with Crippen LogP contribution in [0.1, 0.15) is 48.0 Å². The van der Waals surface area contributed by atoms with Crippen molar-refractivity contribution in [1.29, 1.82) is 0 Å². The van der Waals surface area contributed by atoms with Crippen molar-refractivity contribution < 1.29 is 9.53 Å². The number of nitrogens with zero attached hydrogens (tertiary/aromatic N) is 5. The van der Waals surface area contributed by atoms with Crippen molar-refractivity contribution in [2.75, 3.05) is 44.3 Å². The molecular formula is C24H37N5O2. The van der Waals surface area contributed by atoms with E-state index in [0.29, 0.717) is 6.54 Å². The molecule has 7 nitrogen and oxygen atoms in total. The zero-order valence-corrected chi connectivity index (χ0v) is 19.9. The van der Waals surface area contributed by atoms with E-state index < -0.39 is 0 Å². The van der Waals surface area contributed by atoms with Crippen LogP contribution in [-0.4, -0.2) is 81.9 Å². The fraction of sp³-hybridized carbons (Fsp3) is 0.667. The molecule has 2 aliphatic heterocycles. The third-order valence-electron chi connectivity index (χ3n) is 6.35. The van der Waals surface area contributed by atoms with Crippen molar-refractivity contribution in [1.82, 2.24) is 19.4 Å². The lowest BCUT2D eigenvalue weighted by Gasteiger charge is -2.44. The number of morpholine rings is 1. The van der Waals surface area contributed by atoms with Crippen molar-refractivity contribution in [3.63, 3.8) is 0 Å². The Kier molecular flexibility index (Phi) is 5.77. The number of carbonyl (C=O) groups excluding carboxylic acids is 1. The van der Waals surface area contributed by atoms with Crippen LogP contribution in [0.5, 0.6) is 0 Å². The number of benzene rings is 1. The highest BCUT2D eigenvalue weighted by Crippen LogP contribution is 2.35. The molecule has 0 bridgehead atoms. The van der Waals surface area contributed by atoms with Crippen molar-refractivity contribution in [2.24, 2.45) is 0 Å². The van der Waals surface area contributed by atoms with Gasteiger partial charge in [0.2, 0.25) is 5.95 Å². The first kappa shape index (κ1) is 22.1. The number of hydrogen-bond donors (Lipinski definition) is 0. The minimum atomic E-state index is -0.287. The molecule has 2 aromatic rings. The Morgan fingerprint density at radius 1 is 1.03 bits per heavy atom. The summed E-state index contributed by atoms with van der Waals surface area (Å²) in [4.78, 5) is 25.7. The zero-order chi connectivity index (χ0) is 22.4. The first-order chi connectivity index (χ1) is 14.6. The zero-order valence-electron chi connectivity index (χ0n) is 19.9. The molecule has 1 atom stereocenters. The number of carbonyl (C=O) groups is 1. The van der Waals surface area contributed by atoms with Crippen LogP contribution in [0, 0.1) is 0 Å². The van der Waals surface area contributed by atoms with E-state index in [2.05, 4.69) is 51.3 Å². The van der Waals surface area contributed by atoms with Gasteiger partial charge in [-0.25, -0.2) is 14.3 Å². The number of imidazole rings is 1. The Balaban J connectivity index is 1.80. The smallest absolute Gasteiger partial charge is 0.332 e. The molecule has 0 N–H and O–H groups in total. The summed E-state index contributed by atoms with van der Waals surface area (Å²) >= 11 is 0. The second-order valence-corrected chi connectivity index (χ2v) is 10.7. The van der Waals surface area contributed by atoms with Crippen LogP contribution in [0.3, 0.4) is 0 Å². The van der Waals surface area contributed by atoms with Crippen molar-refractivity contribution in [3.8, 4) is 0 Å². The van der Waals surface area contributed by atoms with Crippen LogP contribution in [0.2, 0.25) is 0 Å². The van der Waals surface area contributed by atoms with Gasteiger partial charge in [0.05, 0.1) is 30.3 Å². The molecule has 1 saturated heterocycles. The van der Waals surface area contributed by atoms with Gasteiger partial charge >= 0.3 is 6.03 Å². The van der Waals surface area contributed by atoms with Crippen LogP contribution in [0.4, 0.5) is 10.7 Å². The molecule has 0 aliphatic carbocycles. The van der Waals surface area contributed by atoms with Crippen LogP contribution in [0.25, 0.3) is 11.0 Å². The Morgan fingerprint density at radius 2 is 1.71 bits per heavy atom. The number of ether oxygens (including phenoxy) is 1. The van der Waals surface area contributed by atoms with E-state index in [-0.39, 0.29) is 23.2 Å². The van der Waals surface area contributed by atoms with Gasteiger partial charge in [-0.15, -0.1) is 0 Å². The van der Waals surface area contributed by atoms with E-state index in [0.717, 1.165) is 56.3 Å². The quantitative estimate of drug-likeness (QED) is 0.746. The van der Waals surface area contributed by atoms with Crippen molar-refractivity contribution in [3.05, 3.63) is 24.3 Å². The molecule has 1 aromatic carbocycles. The fourth-order valence-electron chi connectivity index (χ4n) is 4.80. The van der Waals surface area contributed by atoms with Gasteiger partial charge in [0, 0.05) is 37.3 Å². The maximum absolute atomic E-state index is 13.9. The van der Waals surface area contributed by atoms with E-state index in [1.807, 2.05) is 33.7 Å². The summed E-state index contributed by atoms with van der Waals surface area (Å²) in [6.07, 6.45) is 0.973. The minimum absolute atomic E-state index is 0.0133. The van der Waals surface area contributed by atoms with Gasteiger partial charge in [-0.05, 0) is 60.1 Å². The van der Waals surface area contributed by atoms with Gasteiger partial charge in [0.1, 0.15) is 0 Å². The topological polar surface area (TPSA) is 53.8 Å². The lowest BCUT2D eigenvalue weighted by molar-refractivity contribution is 0.0356. The molecule has 170 valence electrons. The Bertz CT molecular complexity index is 934. The molecule has 7 heteroatoms. The Labute approximate surface area is 185 Å². The maximum atomic E-state index is 13.9. The molecule has 1 fully saturated rings. The molecule has 3 heterocycles. The highest BCUT2D eigenvalue weighted by atomic mass is 16.5. The summed E-state index contributed by atoms with van der Waals surface area (Å²) in [5.41, 5.74) is 1.27. The molecule has 1 unspecified atom stereocenters. The van der Waals surface area contributed by atoms with E-state index in [9.17, 15) is 4.79 Å². The normalized spacial score (nSPS) is 21.5. The third-order valence-corrected chi connectivity index (χ3v) is 6.35. The number of anilines is 1. The number of hydrogen-bond acceptors (Lipinski definition) is 5. The first-order valence-electron chi connectivity index (χ1n) is 11.5. The maximum Gasteiger partial charge on any atom is 0.332 e. The highest BCUT2D eigenvalue weighted by molar-refractivity contribution is 5.94. The van der Waals surface area contributed by atoms with Crippen molar-refractivity contribution >= 4 is 23.0 Å². The summed E-state index contributed by atoms with van der Waals surface area (Å²) in [7, 11) is 0. The first-order valence-corrected chi connectivity index (χ1v) is 11.5. The SMILES string of the molecule is CC(C)(C)N1CC(CCN2CCOCC2)N(C(C)(C)C)c2nc3ccccc3n2C1=O. The minimum Gasteiger partial charge on any atom is -0.379 e. The molecule has 31 heavy (non-hydrogen) atoms. The van der Waals surface area contributed by atoms with Gasteiger partial charge in [0.15, 0.2) is 0 Å². The van der Waals surface area contributed by atoms with Gasteiger partial charge in [0.25, 0.3) is 0 Å². The largest absolute Gasteiger partial charge is 0.379 e. The van der Waals surface area contributed by atoms with Crippen LogP contribution in [-0.2, 0) is 4.74 Å². The van der Waals surface area contributed by atoms with E-state index >= 15 is 0 Å². The standard InChI is InChI=1S/C24H37N5O2/c1-23(2,3)27-17-18(11-12-26-13-15-31-16-14-26)29(24(4,5)6)21-25-19-9-7-8-10-20(19)28(21)22(27)30/h7-10,18H,11-17H2,1-6H3. The summed E-state index contributed by atoms with van der Waals surface area (Å²) in [6, 6.07) is 8.14. The Hall–Kier alpha value is -2.12. The summed E-state index contributed by atoms with van der Waals surface area (Å²) in [5, 5.41) is 0. The number of rotatable bonds is 3. The van der Waals surface area contributed by atoms with Crippen LogP contribution >= 0.6 is 0 Å². The second kappa shape index (κ2) is 8.10. The molecular weight excluding hydrogens is 390 g/mol. The number of aromatic nitrogens is 2. The average molecular weight is 428 g/mol. The van der Waals surface area contributed by atoms with Crippen molar-refractivity contribution in [2.45, 2.75) is 65.1 Å². The number of para-hydroxylation sites is 2. The van der Waals surface area contributed by atoms with Gasteiger partial charge < -0.3 is 14.5 Å². The summed E-state index contributed by atoms with van der Waals surface area (Å²) in [6.45, 7) is 18.2. The van der Waals surface area contributed by atoms with Gasteiger partial charge in [-0.1, -0.05) is 12.1 Å². The lowest BCUT2D eigenvalue weighted by Crippen LogP contribution is -2.55. The fourth-order valence-corrected chi connectivity index (χ4v) is 4.80. The molecule has 0 spiro atoms. The van der Waals surface area contributed by atoms with E-state index in [1.54, 1.807) is 0 Å². The monoisotopic (exact) mass is 427 g/mol. The average Bonchev–Trinajstić information content (AvgIpc) is 3.00. The highest BCUT2D eigenvalue weighted by Gasteiger charge is 2.42. The van der Waals surface area contributed by atoms with Crippen LogP contribution < -0.4 is 4.90 Å². The Morgan fingerprint density at radius 3 is 2.35 bits per heavy atom. The summed E-state index contributed by atoms with van der Waals surface area (Å²) in [5.74, 6) is 0.762. The number of amides is 1. The molecule has 4 rings (SSSR count). The predicted octanol–water partition coefficient (Wildman–Crippen LogP) is 3.81.